The van der Waals surface area contributed by atoms with Gasteiger partial charge in [-0.25, -0.2) is 4.79 Å². The van der Waals surface area contributed by atoms with E-state index >= 15 is 0 Å². The van der Waals surface area contributed by atoms with Gasteiger partial charge in [-0.2, -0.15) is 0 Å². The first-order chi connectivity index (χ1) is 7.19. The summed E-state index contributed by atoms with van der Waals surface area (Å²) in [6, 6.07) is 0. The minimum absolute atomic E-state index is 0.141. The molecule has 0 saturated carbocycles. The molecule has 0 aromatic heterocycles. The number of esters is 1. The predicted octanol–water partition coefficient (Wildman–Crippen LogP) is 1.98. The van der Waals surface area contributed by atoms with Crippen LogP contribution in [0.3, 0.4) is 0 Å². The summed E-state index contributed by atoms with van der Waals surface area (Å²) in [5.41, 5.74) is 2.10. The molecule has 0 bridgehead atoms. The number of rotatable bonds is 3. The predicted molar refractivity (Wildman–Crippen MR) is 60.7 cm³/mol. The Labute approximate surface area is 92.1 Å². The molecule has 1 rings (SSSR count). The molecule has 86 valence electrons. The molecule has 0 N–H and O–H groups in total. The van der Waals surface area contributed by atoms with Gasteiger partial charge in [0.2, 0.25) is 0 Å². The van der Waals surface area contributed by atoms with Gasteiger partial charge in [0.15, 0.2) is 0 Å². The number of carbonyl (C=O) groups excluding carboxylic acids is 1. The second-order valence-corrected chi connectivity index (χ2v) is 3.88. The van der Waals surface area contributed by atoms with Crippen LogP contribution < -0.4 is 0 Å². The van der Waals surface area contributed by atoms with Gasteiger partial charge in [0.1, 0.15) is 0 Å². The van der Waals surface area contributed by atoms with E-state index in [4.69, 9.17) is 4.74 Å². The zero-order valence-corrected chi connectivity index (χ0v) is 10.0. The van der Waals surface area contributed by atoms with E-state index in [0.29, 0.717) is 6.61 Å². The average molecular weight is 211 g/mol. The number of hydrogen-bond acceptors (Lipinski definition) is 3. The zero-order valence-electron chi connectivity index (χ0n) is 10.0. The van der Waals surface area contributed by atoms with E-state index in [1.54, 1.807) is 0 Å². The topological polar surface area (TPSA) is 29.5 Å². The van der Waals surface area contributed by atoms with Gasteiger partial charge in [-0.3, -0.25) is 0 Å². The highest BCUT2D eigenvalue weighted by Gasteiger charge is 2.17. The molecule has 0 spiro atoms. The number of piperidine rings is 1. The maximum Gasteiger partial charge on any atom is 0.333 e. The lowest BCUT2D eigenvalue weighted by atomic mass is 9.99. The van der Waals surface area contributed by atoms with Gasteiger partial charge in [0, 0.05) is 18.7 Å². The molecule has 0 aromatic carbocycles. The van der Waals surface area contributed by atoms with Crippen molar-refractivity contribution in [2.24, 2.45) is 0 Å². The highest BCUT2D eigenvalue weighted by molar-refractivity contribution is 5.88. The van der Waals surface area contributed by atoms with Crippen molar-refractivity contribution in [1.82, 2.24) is 4.90 Å². The Morgan fingerprint density at radius 1 is 1.33 bits per heavy atom. The molecule has 0 aromatic rings. The Kier molecular flexibility index (Phi) is 4.82. The number of ether oxygens (including phenoxy) is 1. The summed E-state index contributed by atoms with van der Waals surface area (Å²) in [5.74, 6) is -0.141. The summed E-state index contributed by atoms with van der Waals surface area (Å²) in [6.45, 7) is 9.61. The lowest BCUT2D eigenvalue weighted by Gasteiger charge is -2.27. The Morgan fingerprint density at radius 2 is 1.93 bits per heavy atom. The fraction of sp³-hybridized carbons (Fsp3) is 0.750. The van der Waals surface area contributed by atoms with E-state index in [0.717, 1.165) is 38.0 Å². The summed E-state index contributed by atoms with van der Waals surface area (Å²) < 4.78 is 5.00. The molecule has 0 unspecified atom stereocenters. The van der Waals surface area contributed by atoms with Crippen molar-refractivity contribution < 1.29 is 9.53 Å². The van der Waals surface area contributed by atoms with E-state index in [1.807, 2.05) is 13.8 Å². The monoisotopic (exact) mass is 211 g/mol. The lowest BCUT2D eigenvalue weighted by molar-refractivity contribution is -0.138. The minimum Gasteiger partial charge on any atom is -0.463 e. The van der Waals surface area contributed by atoms with E-state index < -0.39 is 0 Å². The van der Waals surface area contributed by atoms with E-state index in [2.05, 4.69) is 11.8 Å². The smallest absolute Gasteiger partial charge is 0.333 e. The van der Waals surface area contributed by atoms with Crippen molar-refractivity contribution in [2.45, 2.75) is 33.6 Å². The second kappa shape index (κ2) is 5.91. The molecule has 3 heteroatoms. The van der Waals surface area contributed by atoms with Gasteiger partial charge in [0.05, 0.1) is 6.61 Å². The van der Waals surface area contributed by atoms with Crippen molar-refractivity contribution in [3.63, 3.8) is 0 Å². The van der Waals surface area contributed by atoms with Crippen molar-refractivity contribution in [3.05, 3.63) is 11.1 Å². The molecular formula is C12H21NO2. The number of hydrogen-bond donors (Lipinski definition) is 0. The third-order valence-electron chi connectivity index (χ3n) is 3.02. The Hall–Kier alpha value is -0.830. The summed E-state index contributed by atoms with van der Waals surface area (Å²) in [4.78, 5) is 13.9. The lowest BCUT2D eigenvalue weighted by Crippen LogP contribution is -2.31. The van der Waals surface area contributed by atoms with Crippen LogP contribution in [0.4, 0.5) is 0 Å². The van der Waals surface area contributed by atoms with Crippen LogP contribution in [0.2, 0.25) is 0 Å². The van der Waals surface area contributed by atoms with Gasteiger partial charge in [-0.05, 0) is 33.2 Å². The number of likely N-dealkylation sites (tertiary alicyclic amines) is 1. The molecule has 1 aliphatic rings. The molecule has 0 amide bonds. The second-order valence-electron chi connectivity index (χ2n) is 3.88. The quantitative estimate of drug-likeness (QED) is 0.528. The summed E-state index contributed by atoms with van der Waals surface area (Å²) in [5, 5.41) is 0. The van der Waals surface area contributed by atoms with Gasteiger partial charge in [-0.15, -0.1) is 0 Å². The largest absolute Gasteiger partial charge is 0.463 e. The number of carbonyl (C=O) groups is 1. The van der Waals surface area contributed by atoms with Crippen molar-refractivity contribution in [3.8, 4) is 0 Å². The maximum atomic E-state index is 11.5. The van der Waals surface area contributed by atoms with E-state index in [1.165, 1.54) is 5.57 Å². The van der Waals surface area contributed by atoms with Crippen molar-refractivity contribution in [1.29, 1.82) is 0 Å². The van der Waals surface area contributed by atoms with Crippen LogP contribution in [-0.4, -0.2) is 37.1 Å². The van der Waals surface area contributed by atoms with Crippen LogP contribution in [0.25, 0.3) is 0 Å². The molecule has 3 nitrogen and oxygen atoms in total. The highest BCUT2D eigenvalue weighted by atomic mass is 16.5. The van der Waals surface area contributed by atoms with Crippen LogP contribution in [-0.2, 0) is 9.53 Å². The average Bonchev–Trinajstić information content (AvgIpc) is 2.28. The molecular weight excluding hydrogens is 190 g/mol. The van der Waals surface area contributed by atoms with Crippen LogP contribution in [0.1, 0.15) is 33.6 Å². The Bertz CT molecular complexity index is 248. The summed E-state index contributed by atoms with van der Waals surface area (Å²) >= 11 is 0. The molecule has 0 radical (unpaired) electrons. The summed E-state index contributed by atoms with van der Waals surface area (Å²) in [7, 11) is 0. The first-order valence-electron chi connectivity index (χ1n) is 5.77. The van der Waals surface area contributed by atoms with Crippen LogP contribution >= 0.6 is 0 Å². The SMILES string of the molecule is CCOC(=O)C(C)=C1CCN(CC)CC1. The molecule has 0 atom stereocenters. The number of nitrogens with zero attached hydrogens (tertiary/aromatic N) is 1. The fourth-order valence-corrected chi connectivity index (χ4v) is 1.90. The van der Waals surface area contributed by atoms with Crippen molar-refractivity contribution >= 4 is 5.97 Å². The van der Waals surface area contributed by atoms with E-state index in [9.17, 15) is 4.79 Å². The fourth-order valence-electron chi connectivity index (χ4n) is 1.90. The first kappa shape index (κ1) is 12.2. The molecule has 1 fully saturated rings. The molecule has 0 aliphatic carbocycles. The maximum absolute atomic E-state index is 11.5. The highest BCUT2D eigenvalue weighted by Crippen LogP contribution is 2.20. The van der Waals surface area contributed by atoms with Gasteiger partial charge < -0.3 is 9.64 Å². The molecule has 1 heterocycles. The van der Waals surface area contributed by atoms with Gasteiger partial charge in [0.25, 0.3) is 0 Å². The van der Waals surface area contributed by atoms with Crippen molar-refractivity contribution in [2.75, 3.05) is 26.2 Å². The third-order valence-corrected chi connectivity index (χ3v) is 3.02. The van der Waals surface area contributed by atoms with Gasteiger partial charge in [-0.1, -0.05) is 12.5 Å². The molecule has 15 heavy (non-hydrogen) atoms. The third kappa shape index (κ3) is 3.34. The molecule has 1 saturated heterocycles. The van der Waals surface area contributed by atoms with Crippen LogP contribution in [0.15, 0.2) is 11.1 Å². The van der Waals surface area contributed by atoms with Gasteiger partial charge >= 0.3 is 5.97 Å². The first-order valence-corrected chi connectivity index (χ1v) is 5.77. The molecule has 1 aliphatic heterocycles. The zero-order chi connectivity index (χ0) is 11.3. The van der Waals surface area contributed by atoms with E-state index in [-0.39, 0.29) is 5.97 Å². The normalized spacial score (nSPS) is 17.7. The Balaban J connectivity index is 2.56. The standard InChI is InChI=1S/C12H21NO2/c1-4-13-8-6-11(7-9-13)10(3)12(14)15-5-2/h4-9H2,1-3H3. The minimum atomic E-state index is -0.141. The van der Waals surface area contributed by atoms with Crippen LogP contribution in [0, 0.1) is 0 Å². The summed E-state index contributed by atoms with van der Waals surface area (Å²) in [6.07, 6.45) is 2.02. The van der Waals surface area contributed by atoms with Crippen LogP contribution in [0.5, 0.6) is 0 Å². The Morgan fingerprint density at radius 3 is 2.40 bits per heavy atom.